The largest absolute Gasteiger partial charge is 0.453 e. The van der Waals surface area contributed by atoms with E-state index in [2.05, 4.69) is 39.2 Å². The molecule has 4 fully saturated rings. The van der Waals surface area contributed by atoms with Gasteiger partial charge >= 0.3 is 6.09 Å². The van der Waals surface area contributed by atoms with E-state index in [4.69, 9.17) is 25.0 Å². The number of nitrogens with one attached hydrogen (secondary N) is 1. The molecule has 1 amide bonds. The van der Waals surface area contributed by atoms with E-state index in [9.17, 15) is 4.79 Å². The fourth-order valence-electron chi connectivity index (χ4n) is 6.41. The number of amides is 1. The van der Waals surface area contributed by atoms with Crippen LogP contribution in [0.5, 0.6) is 11.5 Å². The molecular weight excluding hydrogens is 500 g/mol. The molecule has 2 aromatic heterocycles. The monoisotopic (exact) mass is 534 g/mol. The number of benzene rings is 1. The van der Waals surface area contributed by atoms with Gasteiger partial charge in [-0.05, 0) is 77.3 Å². The van der Waals surface area contributed by atoms with Crippen LogP contribution >= 0.6 is 0 Å². The number of piperidine rings is 1. The van der Waals surface area contributed by atoms with Crippen molar-refractivity contribution in [3.05, 3.63) is 18.5 Å². The molecule has 8 rings (SSSR count). The van der Waals surface area contributed by atoms with Crippen LogP contribution < -0.4 is 20.5 Å². The lowest BCUT2D eigenvalue weighted by molar-refractivity contribution is -0.186. The number of ether oxygens (including phenoxy) is 3. The van der Waals surface area contributed by atoms with Gasteiger partial charge in [-0.1, -0.05) is 0 Å². The number of carbonyl (C=O) groups excluding carboxylic acids is 1. The quantitative estimate of drug-likeness (QED) is 0.466. The highest BCUT2D eigenvalue weighted by molar-refractivity contribution is 6.01. The smallest absolute Gasteiger partial charge is 0.412 e. The van der Waals surface area contributed by atoms with E-state index in [0.29, 0.717) is 57.9 Å². The first-order chi connectivity index (χ1) is 18.9. The zero-order valence-corrected chi connectivity index (χ0v) is 22.4. The minimum absolute atomic E-state index is 0.0369. The van der Waals surface area contributed by atoms with Crippen LogP contribution in [-0.2, 0) is 11.3 Å². The summed E-state index contributed by atoms with van der Waals surface area (Å²) in [5, 5.41) is 8.45. The molecular formula is C27H34N8O4. The highest BCUT2D eigenvalue weighted by atomic mass is 16.7. The number of nitrogen functional groups attached to an aromatic ring is 1. The number of nitrogens with zero attached hydrogens (tertiary/aromatic N) is 6. The Balaban J connectivity index is 1.14. The predicted molar refractivity (Wildman–Crippen MR) is 145 cm³/mol. The highest BCUT2D eigenvalue weighted by Gasteiger charge is 2.60. The summed E-state index contributed by atoms with van der Waals surface area (Å²) in [7, 11) is 4.30. The summed E-state index contributed by atoms with van der Waals surface area (Å²) in [5.74, 6) is 2.02. The third-order valence-corrected chi connectivity index (χ3v) is 8.78. The molecule has 0 unspecified atom stereocenters. The molecule has 12 nitrogen and oxygen atoms in total. The van der Waals surface area contributed by atoms with Gasteiger partial charge < -0.3 is 29.7 Å². The van der Waals surface area contributed by atoms with Gasteiger partial charge in [-0.15, -0.1) is 0 Å². The van der Waals surface area contributed by atoms with Crippen LogP contribution in [0.2, 0.25) is 0 Å². The summed E-state index contributed by atoms with van der Waals surface area (Å²) < 4.78 is 19.2. The second-order valence-corrected chi connectivity index (χ2v) is 11.5. The van der Waals surface area contributed by atoms with Gasteiger partial charge in [0.1, 0.15) is 23.4 Å². The van der Waals surface area contributed by atoms with E-state index in [1.54, 1.807) is 6.07 Å². The van der Waals surface area contributed by atoms with Crippen molar-refractivity contribution in [1.82, 2.24) is 29.5 Å². The summed E-state index contributed by atoms with van der Waals surface area (Å²) in [6.45, 7) is 3.69. The summed E-state index contributed by atoms with van der Waals surface area (Å²) >= 11 is 0. The second kappa shape index (κ2) is 9.23. The predicted octanol–water partition coefficient (Wildman–Crippen LogP) is 2.93. The normalized spacial score (nSPS) is 24.0. The maximum absolute atomic E-state index is 12.6. The Morgan fingerprint density at radius 1 is 1.15 bits per heavy atom. The standard InChI is InChI=1S/C27H34N8O4/c1-33(2)17-5-7-34(8-6-17)9-10-35-25-20(24(28)29-14-30-25)21(32-35)18-3-4-19(23-22(18)37-15-38-23)31-26(36)39-27-11-16(12-27)13-27/h3-4,14,16-17H,5-13,15H2,1-2H3,(H,31,36)(H2,28,29,30). The van der Waals surface area contributed by atoms with E-state index in [1.165, 1.54) is 6.33 Å². The van der Waals surface area contributed by atoms with Crippen LogP contribution in [0.1, 0.15) is 32.1 Å². The Hall–Kier alpha value is -3.64. The van der Waals surface area contributed by atoms with Crippen molar-refractivity contribution in [2.45, 2.75) is 50.3 Å². The topological polar surface area (TPSA) is 133 Å². The van der Waals surface area contributed by atoms with Gasteiger partial charge in [0.15, 0.2) is 17.1 Å². The van der Waals surface area contributed by atoms with E-state index in [1.807, 2.05) is 10.7 Å². The molecule has 3 N–H and O–H groups in total. The third kappa shape index (κ3) is 4.22. The molecule has 3 saturated carbocycles. The third-order valence-electron chi connectivity index (χ3n) is 8.78. The maximum Gasteiger partial charge on any atom is 0.412 e. The molecule has 206 valence electrons. The molecule has 39 heavy (non-hydrogen) atoms. The number of hydrogen-bond donors (Lipinski definition) is 2. The van der Waals surface area contributed by atoms with Gasteiger partial charge in [0.2, 0.25) is 6.79 Å². The summed E-state index contributed by atoms with van der Waals surface area (Å²) in [5.41, 5.74) is 8.59. The molecule has 4 heterocycles. The number of nitrogens with two attached hydrogens (primary N) is 1. The molecule has 1 aromatic carbocycles. The fraction of sp³-hybridized carbons (Fsp3) is 0.556. The van der Waals surface area contributed by atoms with Gasteiger partial charge in [-0.25, -0.2) is 19.4 Å². The Kier molecular flexibility index (Phi) is 5.78. The summed E-state index contributed by atoms with van der Waals surface area (Å²) in [6, 6.07) is 4.28. The van der Waals surface area contributed by atoms with Gasteiger partial charge in [0.25, 0.3) is 0 Å². The first kappa shape index (κ1) is 24.4. The molecule has 12 heteroatoms. The number of anilines is 2. The van der Waals surface area contributed by atoms with Crippen LogP contribution in [-0.4, -0.2) is 87.8 Å². The van der Waals surface area contributed by atoms with Crippen LogP contribution in [0, 0.1) is 5.92 Å². The van der Waals surface area contributed by atoms with Crippen LogP contribution in [0.3, 0.4) is 0 Å². The molecule has 3 aromatic rings. The lowest BCUT2D eigenvalue weighted by Crippen LogP contribution is -2.60. The number of carbonyl (C=O) groups is 1. The maximum atomic E-state index is 12.6. The molecule has 0 spiro atoms. The van der Waals surface area contributed by atoms with Crippen LogP contribution in [0.25, 0.3) is 22.3 Å². The SMILES string of the molecule is CN(C)C1CCN(CCn2nc(-c3ccc(NC(=O)OC45CC(C4)C5)c4c3OCO4)c3c(N)ncnc32)CC1. The van der Waals surface area contributed by atoms with Crippen molar-refractivity contribution >= 4 is 28.6 Å². The van der Waals surface area contributed by atoms with E-state index in [-0.39, 0.29) is 12.4 Å². The zero-order chi connectivity index (χ0) is 26.7. The Morgan fingerprint density at radius 2 is 1.92 bits per heavy atom. The van der Waals surface area contributed by atoms with Crippen molar-refractivity contribution in [2.75, 3.05) is 51.6 Å². The van der Waals surface area contributed by atoms with Gasteiger partial charge in [0, 0.05) is 18.2 Å². The molecule has 2 aliphatic heterocycles. The first-order valence-corrected chi connectivity index (χ1v) is 13.7. The molecule has 0 atom stereocenters. The van der Waals surface area contributed by atoms with Crippen LogP contribution in [0.4, 0.5) is 16.3 Å². The summed E-state index contributed by atoms with van der Waals surface area (Å²) in [6.07, 6.45) is 6.20. The van der Waals surface area contributed by atoms with Crippen molar-refractivity contribution in [2.24, 2.45) is 5.92 Å². The van der Waals surface area contributed by atoms with E-state index < -0.39 is 6.09 Å². The number of rotatable bonds is 7. The number of aromatic nitrogens is 4. The first-order valence-electron chi connectivity index (χ1n) is 13.7. The number of likely N-dealkylation sites (tertiary alicyclic amines) is 1. The second-order valence-electron chi connectivity index (χ2n) is 11.5. The number of fused-ring (bicyclic) bond motifs is 2. The van der Waals surface area contributed by atoms with Gasteiger partial charge in [0.05, 0.1) is 17.6 Å². The Bertz CT molecular complexity index is 1410. The molecule has 0 radical (unpaired) electrons. The average Bonchev–Trinajstić information content (AvgIpc) is 3.51. The van der Waals surface area contributed by atoms with E-state index in [0.717, 1.165) is 57.7 Å². The molecule has 1 saturated heterocycles. The minimum atomic E-state index is -0.472. The lowest BCUT2D eigenvalue weighted by atomic mass is 9.52. The average molecular weight is 535 g/mol. The number of hydrogen-bond acceptors (Lipinski definition) is 10. The van der Waals surface area contributed by atoms with Crippen LogP contribution in [0.15, 0.2) is 18.5 Å². The lowest BCUT2D eigenvalue weighted by Gasteiger charge is -2.59. The fourth-order valence-corrected chi connectivity index (χ4v) is 6.41. The van der Waals surface area contributed by atoms with E-state index >= 15 is 0 Å². The van der Waals surface area contributed by atoms with Crippen molar-refractivity contribution in [1.29, 1.82) is 0 Å². The van der Waals surface area contributed by atoms with Crippen molar-refractivity contribution in [3.8, 4) is 22.8 Å². The molecule has 2 bridgehead atoms. The van der Waals surface area contributed by atoms with Gasteiger partial charge in [-0.3, -0.25) is 5.32 Å². The Labute approximate surface area is 226 Å². The summed E-state index contributed by atoms with van der Waals surface area (Å²) in [4.78, 5) is 26.1. The highest BCUT2D eigenvalue weighted by Crippen LogP contribution is 2.59. The zero-order valence-electron chi connectivity index (χ0n) is 22.4. The van der Waals surface area contributed by atoms with Gasteiger partial charge in [-0.2, -0.15) is 5.10 Å². The van der Waals surface area contributed by atoms with Crippen molar-refractivity contribution < 1.29 is 19.0 Å². The minimum Gasteiger partial charge on any atom is -0.453 e. The Morgan fingerprint density at radius 3 is 2.64 bits per heavy atom. The molecule has 3 aliphatic carbocycles. The molecule has 5 aliphatic rings. The van der Waals surface area contributed by atoms with Crippen molar-refractivity contribution in [3.63, 3.8) is 0 Å².